The van der Waals surface area contributed by atoms with Crippen LogP contribution in [0.2, 0.25) is 0 Å². The molecule has 8 heteroatoms. The van der Waals surface area contributed by atoms with Crippen LogP contribution >= 0.6 is 11.8 Å². The lowest BCUT2D eigenvalue weighted by Gasteiger charge is -2.56. The Morgan fingerprint density at radius 1 is 1.19 bits per heavy atom. The average Bonchev–Trinajstić information content (AvgIpc) is 2.56. The highest BCUT2D eigenvalue weighted by molar-refractivity contribution is 8.03. The summed E-state index contributed by atoms with van der Waals surface area (Å²) in [5.41, 5.74) is 6.25. The number of carboxylic acid groups (broad SMARTS) is 1. The zero-order valence-electron chi connectivity index (χ0n) is 16.1. The topological polar surface area (TPSA) is 113 Å². The molecule has 0 saturated carbocycles. The van der Waals surface area contributed by atoms with Crippen molar-refractivity contribution in [3.8, 4) is 0 Å². The van der Waals surface area contributed by atoms with Gasteiger partial charge in [-0.25, -0.2) is 0 Å². The van der Waals surface area contributed by atoms with Gasteiger partial charge in [-0.1, -0.05) is 18.2 Å². The molecule has 1 aromatic carbocycles. The number of thioether (sulfide) groups is 1. The van der Waals surface area contributed by atoms with Crippen LogP contribution < -0.4 is 16.0 Å². The number of para-hydroxylation sites is 1. The second kappa shape index (κ2) is 7.90. The van der Waals surface area contributed by atoms with Gasteiger partial charge in [-0.2, -0.15) is 0 Å². The first-order valence-corrected chi connectivity index (χ1v) is 9.59. The summed E-state index contributed by atoms with van der Waals surface area (Å²) < 4.78 is -0.194. The number of rotatable bonds is 7. The molecule has 1 fully saturated rings. The number of anilines is 1. The van der Waals surface area contributed by atoms with Crippen molar-refractivity contribution >= 4 is 35.2 Å². The summed E-state index contributed by atoms with van der Waals surface area (Å²) in [6.07, 6.45) is -0.497. The number of hydrogen-bond donors (Lipinski definition) is 3. The Balaban J connectivity index is 2.16. The van der Waals surface area contributed by atoms with E-state index in [9.17, 15) is 14.4 Å². The van der Waals surface area contributed by atoms with Gasteiger partial charge in [0.25, 0.3) is 0 Å². The summed E-state index contributed by atoms with van der Waals surface area (Å²) in [5.74, 6) is -2.07. The minimum atomic E-state index is -1.22. The van der Waals surface area contributed by atoms with E-state index in [1.165, 1.54) is 4.90 Å². The van der Waals surface area contributed by atoms with Gasteiger partial charge in [0.2, 0.25) is 11.8 Å². The molecule has 7 nitrogen and oxygen atoms in total. The van der Waals surface area contributed by atoms with Crippen LogP contribution in [0, 0.1) is 0 Å². The van der Waals surface area contributed by atoms with Gasteiger partial charge >= 0.3 is 5.97 Å². The molecule has 1 aliphatic rings. The number of nitrogens with one attached hydrogen (secondary N) is 1. The molecule has 0 aliphatic carbocycles. The molecule has 1 saturated heterocycles. The molecule has 0 radical (unpaired) electrons. The number of carbonyl (C=O) groups is 3. The highest BCUT2D eigenvalue weighted by Crippen LogP contribution is 2.54. The summed E-state index contributed by atoms with van der Waals surface area (Å²) >= 11 is 1.79. The van der Waals surface area contributed by atoms with E-state index in [4.69, 9.17) is 10.8 Å². The monoisotopic (exact) mass is 393 g/mol. The van der Waals surface area contributed by atoms with Crippen molar-refractivity contribution in [3.63, 3.8) is 0 Å². The fraction of sp³-hybridized carbons (Fsp3) is 0.526. The Bertz CT molecular complexity index is 707. The SMILES string of the molecule is CC1(C)SC(C)(C)C1NC(=O)CN(C(=O)[C@@H](N)CC(=O)O)c1ccccc1. The molecule has 0 bridgehead atoms. The fourth-order valence-corrected chi connectivity index (χ4v) is 5.77. The third-order valence-corrected chi connectivity index (χ3v) is 6.09. The molecule has 1 heterocycles. The van der Waals surface area contributed by atoms with E-state index in [0.29, 0.717) is 5.69 Å². The Morgan fingerprint density at radius 3 is 2.22 bits per heavy atom. The first-order chi connectivity index (χ1) is 12.4. The van der Waals surface area contributed by atoms with Gasteiger partial charge in [-0.05, 0) is 39.8 Å². The lowest BCUT2D eigenvalue weighted by Crippen LogP contribution is -2.67. The van der Waals surface area contributed by atoms with Crippen LogP contribution in [0.15, 0.2) is 30.3 Å². The quantitative estimate of drug-likeness (QED) is 0.649. The Hall–Kier alpha value is -2.06. The van der Waals surface area contributed by atoms with Gasteiger partial charge < -0.3 is 21.1 Å². The Kier molecular flexibility index (Phi) is 6.21. The van der Waals surface area contributed by atoms with Crippen molar-refractivity contribution in [2.75, 3.05) is 11.4 Å². The molecule has 4 N–H and O–H groups in total. The molecule has 148 valence electrons. The maximum atomic E-state index is 12.7. The van der Waals surface area contributed by atoms with Crippen LogP contribution in [0.5, 0.6) is 0 Å². The largest absolute Gasteiger partial charge is 0.481 e. The third-order valence-electron chi connectivity index (χ3n) is 4.57. The van der Waals surface area contributed by atoms with Crippen molar-refractivity contribution in [1.29, 1.82) is 0 Å². The van der Waals surface area contributed by atoms with Crippen LogP contribution in [0.3, 0.4) is 0 Å². The maximum Gasteiger partial charge on any atom is 0.305 e. The zero-order valence-corrected chi connectivity index (χ0v) is 16.9. The zero-order chi connectivity index (χ0) is 20.4. The Morgan fingerprint density at radius 2 is 1.74 bits per heavy atom. The number of nitrogens with two attached hydrogens (primary N) is 1. The van der Waals surface area contributed by atoms with E-state index < -0.39 is 24.3 Å². The summed E-state index contributed by atoms with van der Waals surface area (Å²) in [5, 5.41) is 11.9. The molecule has 0 spiro atoms. The highest BCUT2D eigenvalue weighted by atomic mass is 32.2. The average molecular weight is 394 g/mol. The molecule has 0 aromatic heterocycles. The predicted molar refractivity (Wildman–Crippen MR) is 107 cm³/mol. The van der Waals surface area contributed by atoms with E-state index in [1.54, 1.807) is 42.1 Å². The summed E-state index contributed by atoms with van der Waals surface area (Å²) in [6.45, 7) is 8.05. The molecule has 1 atom stereocenters. The summed E-state index contributed by atoms with van der Waals surface area (Å²) in [7, 11) is 0. The number of carbonyl (C=O) groups excluding carboxylic acids is 2. The molecule has 2 amide bonds. The maximum absolute atomic E-state index is 12.7. The van der Waals surface area contributed by atoms with Crippen molar-refractivity contribution < 1.29 is 19.5 Å². The molecule has 2 rings (SSSR count). The molecule has 1 aromatic rings. The van der Waals surface area contributed by atoms with E-state index in [-0.39, 0.29) is 28.0 Å². The van der Waals surface area contributed by atoms with Gasteiger partial charge in [-0.3, -0.25) is 14.4 Å². The van der Waals surface area contributed by atoms with Gasteiger partial charge in [0.1, 0.15) is 6.54 Å². The molecular weight excluding hydrogens is 366 g/mol. The number of hydrogen-bond acceptors (Lipinski definition) is 5. The van der Waals surface area contributed by atoms with Crippen molar-refractivity contribution in [2.45, 2.75) is 55.7 Å². The lowest BCUT2D eigenvalue weighted by atomic mass is 9.89. The minimum absolute atomic E-state index is 0.0390. The minimum Gasteiger partial charge on any atom is -0.481 e. The van der Waals surface area contributed by atoms with E-state index >= 15 is 0 Å². The number of nitrogens with zero attached hydrogens (tertiary/aromatic N) is 1. The van der Waals surface area contributed by atoms with Gasteiger partial charge in [0.05, 0.1) is 18.5 Å². The Labute approximate surface area is 163 Å². The smallest absolute Gasteiger partial charge is 0.305 e. The fourth-order valence-electron chi connectivity index (χ4n) is 3.65. The van der Waals surface area contributed by atoms with E-state index in [0.717, 1.165) is 0 Å². The van der Waals surface area contributed by atoms with Crippen LogP contribution in [0.1, 0.15) is 34.1 Å². The van der Waals surface area contributed by atoms with E-state index in [1.807, 2.05) is 0 Å². The molecule has 1 aliphatic heterocycles. The normalized spacial score (nSPS) is 18.9. The van der Waals surface area contributed by atoms with Crippen molar-refractivity contribution in [1.82, 2.24) is 5.32 Å². The van der Waals surface area contributed by atoms with Gasteiger partial charge in [0, 0.05) is 15.2 Å². The first kappa shape index (κ1) is 21.2. The molecule has 27 heavy (non-hydrogen) atoms. The van der Waals surface area contributed by atoms with Crippen LogP contribution in [0.4, 0.5) is 5.69 Å². The van der Waals surface area contributed by atoms with Crippen molar-refractivity contribution in [2.24, 2.45) is 5.73 Å². The highest BCUT2D eigenvalue weighted by Gasteiger charge is 2.54. The number of aliphatic carboxylic acids is 1. The van der Waals surface area contributed by atoms with Crippen LogP contribution in [-0.4, -0.2) is 51.0 Å². The standard InChI is InChI=1S/C19H27N3O4S/c1-18(2)17(19(3,4)27-18)21-14(23)11-22(12-8-6-5-7-9-12)16(26)13(20)10-15(24)25/h5-9,13,17H,10-11,20H2,1-4H3,(H,21,23)(H,24,25)/t13-/m0/s1. The van der Waals surface area contributed by atoms with E-state index in [2.05, 4.69) is 33.0 Å². The first-order valence-electron chi connectivity index (χ1n) is 8.77. The summed E-state index contributed by atoms with van der Waals surface area (Å²) in [4.78, 5) is 37.5. The third kappa shape index (κ3) is 5.01. The number of benzene rings is 1. The van der Waals surface area contributed by atoms with Gasteiger partial charge in [-0.15, -0.1) is 11.8 Å². The number of carboxylic acids is 1. The van der Waals surface area contributed by atoms with Crippen LogP contribution in [0.25, 0.3) is 0 Å². The predicted octanol–water partition coefficient (Wildman–Crippen LogP) is 1.61. The summed E-state index contributed by atoms with van der Waals surface area (Å²) in [6, 6.07) is 7.39. The van der Waals surface area contributed by atoms with Gasteiger partial charge in [0.15, 0.2) is 0 Å². The van der Waals surface area contributed by atoms with Crippen LogP contribution in [-0.2, 0) is 14.4 Å². The van der Waals surface area contributed by atoms with Crippen molar-refractivity contribution in [3.05, 3.63) is 30.3 Å². The number of amides is 2. The second-order valence-corrected chi connectivity index (χ2v) is 10.1. The molecule has 0 unspecified atom stereocenters. The lowest BCUT2D eigenvalue weighted by molar-refractivity contribution is -0.139. The second-order valence-electron chi connectivity index (χ2n) is 7.77. The molecular formula is C19H27N3O4S.